The summed E-state index contributed by atoms with van der Waals surface area (Å²) in [6.07, 6.45) is 58.1. The molecule has 0 amide bonds. The van der Waals surface area contributed by atoms with Crippen LogP contribution in [0.5, 0.6) is 0 Å². The molecule has 0 heterocycles. The highest BCUT2D eigenvalue weighted by atomic mass is 31.2. The molecule has 2 unspecified atom stereocenters. The Morgan fingerprint density at radius 1 is 0.492 bits per heavy atom. The van der Waals surface area contributed by atoms with Gasteiger partial charge in [0, 0.05) is 20.0 Å². The van der Waals surface area contributed by atoms with Crippen molar-refractivity contribution in [3.8, 4) is 0 Å². The van der Waals surface area contributed by atoms with Crippen molar-refractivity contribution in [2.45, 2.75) is 213 Å². The average molecular weight is 847 g/mol. The third-order valence-electron chi connectivity index (χ3n) is 9.93. The molecule has 0 saturated carbocycles. The molecule has 0 aliphatic heterocycles. The van der Waals surface area contributed by atoms with Crippen LogP contribution in [0.4, 0.5) is 0 Å². The Morgan fingerprint density at radius 2 is 0.864 bits per heavy atom. The van der Waals surface area contributed by atoms with Crippen molar-refractivity contribution >= 4 is 19.8 Å². The second-order valence-electron chi connectivity index (χ2n) is 15.5. The zero-order chi connectivity index (χ0) is 43.2. The fourth-order valence-corrected chi connectivity index (χ4v) is 6.79. The van der Waals surface area contributed by atoms with Gasteiger partial charge < -0.3 is 14.4 Å². The van der Waals surface area contributed by atoms with Crippen LogP contribution in [0.1, 0.15) is 206 Å². The summed E-state index contributed by atoms with van der Waals surface area (Å²) in [7, 11) is -3.21. The zero-order valence-corrected chi connectivity index (χ0v) is 38.8. The van der Waals surface area contributed by atoms with Crippen LogP contribution in [0.15, 0.2) is 72.9 Å². The van der Waals surface area contributed by atoms with E-state index >= 15 is 0 Å². The summed E-state index contributed by atoms with van der Waals surface area (Å²) < 4.78 is 32.1. The molecule has 340 valence electrons. The molecule has 0 aromatic heterocycles. The van der Waals surface area contributed by atoms with E-state index in [2.05, 4.69) is 91.3 Å². The number of carbonyl (C=O) groups excluding carboxylic acids is 2. The van der Waals surface area contributed by atoms with Crippen LogP contribution in [-0.2, 0) is 32.7 Å². The van der Waals surface area contributed by atoms with Crippen LogP contribution in [0.3, 0.4) is 0 Å². The number of hydrogen-bond acceptors (Lipinski definition) is 7. The number of carbonyl (C=O) groups is 2. The van der Waals surface area contributed by atoms with Gasteiger partial charge in [-0.1, -0.05) is 183 Å². The van der Waals surface area contributed by atoms with Gasteiger partial charge in [-0.2, -0.15) is 0 Å². The topological polar surface area (TPSA) is 108 Å². The quantitative estimate of drug-likeness (QED) is 0.0280. The van der Waals surface area contributed by atoms with Crippen molar-refractivity contribution in [2.24, 2.45) is 0 Å². The standard InChI is InChI=1S/C50H87O8P/c1-4-6-8-10-12-14-16-18-20-22-24-25-27-29-31-33-35-37-39-41-43-45-50(52)58-48(47-57-59(53,54)55-3)46-56-49(51)44-42-40-38-36-34-32-30-28-26-23-21-19-17-15-13-11-9-7-5-2/h6,8,12-15,18-21,24-25,48H,4-5,7,9-11,16-17,22-23,26-47H2,1-3H3,(H,53,54)/b8-6-,14-12-,15-13-,20-18-,21-19-,25-24-. The molecule has 0 spiro atoms. The maximum atomic E-state index is 12.6. The lowest BCUT2D eigenvalue weighted by molar-refractivity contribution is -0.161. The molecule has 8 nitrogen and oxygen atoms in total. The van der Waals surface area contributed by atoms with Crippen LogP contribution in [0.25, 0.3) is 0 Å². The molecule has 0 aliphatic rings. The van der Waals surface area contributed by atoms with Crippen LogP contribution in [0.2, 0.25) is 0 Å². The van der Waals surface area contributed by atoms with Gasteiger partial charge in [0.25, 0.3) is 0 Å². The Balaban J connectivity index is 3.98. The van der Waals surface area contributed by atoms with Crippen LogP contribution in [-0.4, -0.2) is 43.3 Å². The van der Waals surface area contributed by atoms with Crippen LogP contribution >= 0.6 is 7.82 Å². The highest BCUT2D eigenvalue weighted by molar-refractivity contribution is 7.47. The molecule has 0 aliphatic carbocycles. The summed E-state index contributed by atoms with van der Waals surface area (Å²) in [5.41, 5.74) is 0. The summed E-state index contributed by atoms with van der Waals surface area (Å²) in [5.74, 6) is -0.819. The van der Waals surface area contributed by atoms with E-state index in [0.29, 0.717) is 6.42 Å². The van der Waals surface area contributed by atoms with E-state index < -0.39 is 26.5 Å². The molecule has 0 rings (SSSR count). The van der Waals surface area contributed by atoms with E-state index in [0.717, 1.165) is 84.2 Å². The molecule has 0 aromatic carbocycles. The van der Waals surface area contributed by atoms with Gasteiger partial charge in [-0.05, 0) is 83.5 Å². The minimum absolute atomic E-state index is 0.231. The highest BCUT2D eigenvalue weighted by Gasteiger charge is 2.24. The molecule has 1 N–H and O–H groups in total. The zero-order valence-electron chi connectivity index (χ0n) is 37.9. The third-order valence-corrected chi connectivity index (χ3v) is 10.9. The Bertz CT molecular complexity index is 1190. The first-order valence-corrected chi connectivity index (χ1v) is 25.1. The predicted octanol–water partition coefficient (Wildman–Crippen LogP) is 15.3. The minimum Gasteiger partial charge on any atom is -0.462 e. The largest absolute Gasteiger partial charge is 0.472 e. The van der Waals surface area contributed by atoms with Gasteiger partial charge in [0.15, 0.2) is 6.10 Å². The number of rotatable bonds is 43. The average Bonchev–Trinajstić information content (AvgIpc) is 3.23. The Labute approximate surface area is 362 Å². The van der Waals surface area contributed by atoms with Gasteiger partial charge in [-0.25, -0.2) is 4.57 Å². The van der Waals surface area contributed by atoms with Gasteiger partial charge in [0.1, 0.15) is 6.61 Å². The predicted molar refractivity (Wildman–Crippen MR) is 248 cm³/mol. The highest BCUT2D eigenvalue weighted by Crippen LogP contribution is 2.42. The lowest BCUT2D eigenvalue weighted by Crippen LogP contribution is -2.29. The lowest BCUT2D eigenvalue weighted by Gasteiger charge is -2.19. The summed E-state index contributed by atoms with van der Waals surface area (Å²) in [6, 6.07) is 0. The van der Waals surface area contributed by atoms with Gasteiger partial charge in [0.05, 0.1) is 6.61 Å². The van der Waals surface area contributed by atoms with Crippen molar-refractivity contribution in [1.29, 1.82) is 0 Å². The Kier molecular flexibility index (Phi) is 43.1. The summed E-state index contributed by atoms with van der Waals surface area (Å²) in [4.78, 5) is 34.6. The molecule has 0 bridgehead atoms. The molecular formula is C50H87O8P. The normalized spacial score (nSPS) is 13.9. The van der Waals surface area contributed by atoms with E-state index in [-0.39, 0.29) is 25.4 Å². The molecule has 59 heavy (non-hydrogen) atoms. The number of esters is 2. The monoisotopic (exact) mass is 847 g/mol. The fraction of sp³-hybridized carbons (Fsp3) is 0.720. The smallest absolute Gasteiger partial charge is 0.462 e. The number of allylic oxidation sites excluding steroid dienone is 12. The first-order chi connectivity index (χ1) is 28.8. The lowest BCUT2D eigenvalue weighted by atomic mass is 10.1. The SMILES string of the molecule is CC/C=C\C/C=C\C/C=C\C/C=C\CCCCCCCCCCC(=O)OC(COC(=O)CCCCCCCCCCC/C=C\C/C=C\CCCCC)COP(=O)(O)OC. The first-order valence-electron chi connectivity index (χ1n) is 23.6. The number of phosphoric ester groups is 1. The maximum Gasteiger partial charge on any atom is 0.472 e. The minimum atomic E-state index is -4.27. The fourth-order valence-electron chi connectivity index (χ4n) is 6.33. The van der Waals surface area contributed by atoms with Crippen molar-refractivity contribution in [3.05, 3.63) is 72.9 Å². The maximum absolute atomic E-state index is 12.6. The van der Waals surface area contributed by atoms with Gasteiger partial charge >= 0.3 is 19.8 Å². The van der Waals surface area contributed by atoms with Crippen molar-refractivity contribution in [2.75, 3.05) is 20.3 Å². The molecule has 9 heteroatoms. The Morgan fingerprint density at radius 3 is 1.29 bits per heavy atom. The number of phosphoric acid groups is 1. The Hall–Kier alpha value is -2.51. The van der Waals surface area contributed by atoms with E-state index in [1.54, 1.807) is 0 Å². The molecule has 0 fully saturated rings. The van der Waals surface area contributed by atoms with E-state index in [9.17, 15) is 19.0 Å². The number of hydrogen-bond donors (Lipinski definition) is 1. The number of unbranched alkanes of at least 4 members (excludes halogenated alkanes) is 20. The van der Waals surface area contributed by atoms with Gasteiger partial charge in [0.2, 0.25) is 0 Å². The van der Waals surface area contributed by atoms with E-state index in [1.807, 2.05) is 0 Å². The third kappa shape index (κ3) is 44.9. The second kappa shape index (κ2) is 45.0. The summed E-state index contributed by atoms with van der Waals surface area (Å²) >= 11 is 0. The first kappa shape index (κ1) is 56.5. The van der Waals surface area contributed by atoms with Crippen molar-refractivity contribution < 1.29 is 37.6 Å². The van der Waals surface area contributed by atoms with Crippen molar-refractivity contribution in [1.82, 2.24) is 0 Å². The molecule has 2 atom stereocenters. The molecule has 0 aromatic rings. The second-order valence-corrected chi connectivity index (χ2v) is 17.1. The molecular weight excluding hydrogens is 760 g/mol. The summed E-state index contributed by atoms with van der Waals surface area (Å²) in [6.45, 7) is 3.75. The van der Waals surface area contributed by atoms with Gasteiger partial charge in [-0.3, -0.25) is 18.6 Å². The van der Waals surface area contributed by atoms with Crippen molar-refractivity contribution in [3.63, 3.8) is 0 Å². The van der Waals surface area contributed by atoms with Crippen LogP contribution in [0, 0.1) is 0 Å². The molecule has 0 saturated heterocycles. The summed E-state index contributed by atoms with van der Waals surface area (Å²) in [5, 5.41) is 0. The van der Waals surface area contributed by atoms with Crippen LogP contribution < -0.4 is 0 Å². The number of ether oxygens (including phenoxy) is 2. The van der Waals surface area contributed by atoms with E-state index in [4.69, 9.17) is 14.0 Å². The van der Waals surface area contributed by atoms with Gasteiger partial charge in [-0.15, -0.1) is 0 Å². The molecule has 0 radical (unpaired) electrons. The van der Waals surface area contributed by atoms with E-state index in [1.165, 1.54) is 96.3 Å².